The lowest BCUT2D eigenvalue weighted by Gasteiger charge is -2.08. The summed E-state index contributed by atoms with van der Waals surface area (Å²) in [6.45, 7) is 0. The van der Waals surface area contributed by atoms with Gasteiger partial charge in [-0.1, -0.05) is 0 Å². The first-order valence-corrected chi connectivity index (χ1v) is 6.66. The molecule has 0 radical (unpaired) electrons. The molecule has 0 saturated carbocycles. The van der Waals surface area contributed by atoms with Crippen LogP contribution in [0.25, 0.3) is 17.2 Å². The van der Waals surface area contributed by atoms with Crippen LogP contribution in [0.3, 0.4) is 0 Å². The molecule has 3 rings (SSSR count). The minimum Gasteiger partial charge on any atom is -0.476 e. The van der Waals surface area contributed by atoms with Crippen molar-refractivity contribution in [2.45, 2.75) is 6.43 Å². The maximum atomic E-state index is 13.1. The van der Waals surface area contributed by atoms with E-state index in [9.17, 15) is 18.0 Å². The van der Waals surface area contributed by atoms with Crippen molar-refractivity contribution in [3.05, 3.63) is 59.8 Å². The van der Waals surface area contributed by atoms with Gasteiger partial charge in [-0.25, -0.2) is 32.6 Å². The minimum atomic E-state index is -2.86. The SMILES string of the molecule is O=C(O)c1ccn(-c2nc(-c3ccc(F)cc3)cc(C(F)F)n2)n1. The molecule has 122 valence electrons. The normalized spacial score (nSPS) is 11.0. The Morgan fingerprint density at radius 2 is 1.83 bits per heavy atom. The van der Waals surface area contributed by atoms with Crippen molar-refractivity contribution in [2.75, 3.05) is 0 Å². The van der Waals surface area contributed by atoms with Crippen LogP contribution in [0.2, 0.25) is 0 Å². The first kappa shape index (κ1) is 15.7. The molecule has 6 nitrogen and oxygen atoms in total. The van der Waals surface area contributed by atoms with E-state index in [1.165, 1.54) is 36.5 Å². The highest BCUT2D eigenvalue weighted by Crippen LogP contribution is 2.24. The van der Waals surface area contributed by atoms with Gasteiger partial charge in [0.05, 0.1) is 5.69 Å². The average Bonchev–Trinajstić information content (AvgIpc) is 3.05. The van der Waals surface area contributed by atoms with Crippen LogP contribution in [-0.4, -0.2) is 30.8 Å². The molecule has 1 aromatic carbocycles. The van der Waals surface area contributed by atoms with Gasteiger partial charge in [-0.05, 0) is 36.4 Å². The maximum Gasteiger partial charge on any atom is 0.356 e. The zero-order valence-electron chi connectivity index (χ0n) is 11.9. The van der Waals surface area contributed by atoms with Crippen molar-refractivity contribution in [2.24, 2.45) is 0 Å². The van der Waals surface area contributed by atoms with Gasteiger partial charge in [0, 0.05) is 11.8 Å². The summed E-state index contributed by atoms with van der Waals surface area (Å²) in [5.74, 6) is -1.95. The van der Waals surface area contributed by atoms with Crippen LogP contribution in [0.1, 0.15) is 22.6 Å². The lowest BCUT2D eigenvalue weighted by atomic mass is 10.1. The number of alkyl halides is 2. The van der Waals surface area contributed by atoms with Gasteiger partial charge < -0.3 is 5.11 Å². The molecule has 1 N–H and O–H groups in total. The lowest BCUT2D eigenvalue weighted by Crippen LogP contribution is -2.07. The number of carboxylic acid groups (broad SMARTS) is 1. The molecule has 0 aliphatic heterocycles. The second-order valence-electron chi connectivity index (χ2n) is 4.74. The van der Waals surface area contributed by atoms with Gasteiger partial charge in [0.2, 0.25) is 0 Å². The Morgan fingerprint density at radius 1 is 1.12 bits per heavy atom. The van der Waals surface area contributed by atoms with E-state index in [-0.39, 0.29) is 17.3 Å². The highest BCUT2D eigenvalue weighted by Gasteiger charge is 2.16. The van der Waals surface area contributed by atoms with Crippen LogP contribution in [0, 0.1) is 5.82 Å². The van der Waals surface area contributed by atoms with E-state index in [4.69, 9.17) is 5.11 Å². The van der Waals surface area contributed by atoms with Crippen LogP contribution in [0.15, 0.2) is 42.6 Å². The summed E-state index contributed by atoms with van der Waals surface area (Å²) in [5.41, 5.74) is -0.272. The first-order chi connectivity index (χ1) is 11.4. The molecule has 0 fully saturated rings. The number of hydrogen-bond acceptors (Lipinski definition) is 4. The number of aromatic nitrogens is 4. The summed E-state index contributed by atoms with van der Waals surface area (Å²) >= 11 is 0. The smallest absolute Gasteiger partial charge is 0.356 e. The third kappa shape index (κ3) is 3.09. The van der Waals surface area contributed by atoms with Crippen molar-refractivity contribution >= 4 is 5.97 Å². The molecule has 0 spiro atoms. The molecule has 0 amide bonds. The zero-order chi connectivity index (χ0) is 17.3. The number of hydrogen-bond donors (Lipinski definition) is 1. The Hall–Kier alpha value is -3.23. The molecule has 0 bridgehead atoms. The summed E-state index contributed by atoms with van der Waals surface area (Å²) in [5, 5.41) is 12.6. The summed E-state index contributed by atoms with van der Waals surface area (Å²) in [6, 6.07) is 7.41. The molecule has 0 atom stereocenters. The van der Waals surface area contributed by atoms with Crippen molar-refractivity contribution in [1.29, 1.82) is 0 Å². The van der Waals surface area contributed by atoms with Crippen molar-refractivity contribution in [1.82, 2.24) is 19.7 Å². The molecule has 0 unspecified atom stereocenters. The fourth-order valence-electron chi connectivity index (χ4n) is 1.98. The highest BCUT2D eigenvalue weighted by atomic mass is 19.3. The van der Waals surface area contributed by atoms with E-state index >= 15 is 0 Å². The van der Waals surface area contributed by atoms with Crippen molar-refractivity contribution in [3.8, 4) is 17.2 Å². The van der Waals surface area contributed by atoms with Crippen LogP contribution in [0.5, 0.6) is 0 Å². The summed E-state index contributed by atoms with van der Waals surface area (Å²) in [4.78, 5) is 18.7. The number of rotatable bonds is 4. The van der Waals surface area contributed by atoms with Gasteiger partial charge in [0.25, 0.3) is 12.4 Å². The number of halogens is 3. The Bertz CT molecular complexity index is 894. The number of carbonyl (C=O) groups is 1. The predicted octanol–water partition coefficient (Wildman–Crippen LogP) is 3.10. The van der Waals surface area contributed by atoms with Crippen molar-refractivity contribution < 1.29 is 23.1 Å². The van der Waals surface area contributed by atoms with E-state index in [0.29, 0.717) is 5.56 Å². The van der Waals surface area contributed by atoms with Crippen LogP contribution < -0.4 is 0 Å². The van der Waals surface area contributed by atoms with Crippen LogP contribution in [0.4, 0.5) is 13.2 Å². The van der Waals surface area contributed by atoms with Gasteiger partial charge in [-0.15, -0.1) is 0 Å². The number of carboxylic acids is 1. The molecule has 9 heteroatoms. The van der Waals surface area contributed by atoms with E-state index in [1.54, 1.807) is 0 Å². The number of benzene rings is 1. The van der Waals surface area contributed by atoms with Gasteiger partial charge in [-0.3, -0.25) is 0 Å². The third-order valence-electron chi connectivity index (χ3n) is 3.11. The molecule has 2 aromatic heterocycles. The van der Waals surface area contributed by atoms with E-state index in [2.05, 4.69) is 15.1 Å². The molecular formula is C15H9F3N4O2. The van der Waals surface area contributed by atoms with Crippen LogP contribution >= 0.6 is 0 Å². The summed E-state index contributed by atoms with van der Waals surface area (Å²) in [6.07, 6.45) is -1.61. The van der Waals surface area contributed by atoms with Crippen molar-refractivity contribution in [3.63, 3.8) is 0 Å². The molecule has 0 saturated heterocycles. The molecule has 2 heterocycles. The van der Waals surface area contributed by atoms with Crippen LogP contribution in [-0.2, 0) is 0 Å². The minimum absolute atomic E-state index is 0.141. The quantitative estimate of drug-likeness (QED) is 0.793. The molecule has 24 heavy (non-hydrogen) atoms. The Morgan fingerprint density at radius 3 is 2.42 bits per heavy atom. The number of aromatic carboxylic acids is 1. The first-order valence-electron chi connectivity index (χ1n) is 6.66. The lowest BCUT2D eigenvalue weighted by molar-refractivity contribution is 0.0690. The Labute approximate surface area is 133 Å². The average molecular weight is 334 g/mol. The molecule has 3 aromatic rings. The maximum absolute atomic E-state index is 13.1. The van der Waals surface area contributed by atoms with Gasteiger partial charge in [-0.2, -0.15) is 5.10 Å². The molecular weight excluding hydrogens is 325 g/mol. The Kier molecular flexibility index (Phi) is 3.98. The van der Waals surface area contributed by atoms with E-state index in [1.807, 2.05) is 0 Å². The predicted molar refractivity (Wildman–Crippen MR) is 76.5 cm³/mol. The summed E-state index contributed by atoms with van der Waals surface area (Å²) < 4.78 is 40.2. The van der Waals surface area contributed by atoms with E-state index in [0.717, 1.165) is 10.7 Å². The van der Waals surface area contributed by atoms with Gasteiger partial charge in [0.1, 0.15) is 11.5 Å². The topological polar surface area (TPSA) is 80.9 Å². The Balaban J connectivity index is 2.11. The highest BCUT2D eigenvalue weighted by molar-refractivity contribution is 5.85. The number of nitrogens with zero attached hydrogens (tertiary/aromatic N) is 4. The van der Waals surface area contributed by atoms with Gasteiger partial charge >= 0.3 is 5.97 Å². The second-order valence-corrected chi connectivity index (χ2v) is 4.74. The summed E-state index contributed by atoms with van der Waals surface area (Å²) in [7, 11) is 0. The van der Waals surface area contributed by atoms with E-state index < -0.39 is 23.9 Å². The monoisotopic (exact) mass is 334 g/mol. The third-order valence-corrected chi connectivity index (χ3v) is 3.11. The standard InChI is InChI=1S/C15H9F3N4O2/c16-9-3-1-8(2-4-9)11-7-12(13(17)18)20-15(19-11)22-6-5-10(21-22)14(23)24/h1-7,13H,(H,23,24). The fraction of sp³-hybridized carbons (Fsp3) is 0.0667. The van der Waals surface area contributed by atoms with Gasteiger partial charge in [0.15, 0.2) is 5.69 Å². The molecule has 0 aliphatic rings. The zero-order valence-corrected chi connectivity index (χ0v) is 11.9. The second kappa shape index (κ2) is 6.11. The molecule has 0 aliphatic carbocycles. The largest absolute Gasteiger partial charge is 0.476 e. The fourth-order valence-corrected chi connectivity index (χ4v) is 1.98.